The van der Waals surface area contributed by atoms with E-state index in [0.29, 0.717) is 19.1 Å². The maximum Gasteiger partial charge on any atom is 0.323 e. The van der Waals surface area contributed by atoms with Crippen LogP contribution >= 0.6 is 0 Å². The predicted octanol–water partition coefficient (Wildman–Crippen LogP) is 1.49. The van der Waals surface area contributed by atoms with Crippen LogP contribution < -0.4 is 5.32 Å². The molecule has 0 bridgehead atoms. The molecule has 0 aromatic heterocycles. The van der Waals surface area contributed by atoms with E-state index >= 15 is 0 Å². The topological polar surface area (TPSA) is 47.6 Å². The summed E-state index contributed by atoms with van der Waals surface area (Å²) >= 11 is 0. The second-order valence-electron chi connectivity index (χ2n) is 5.05. The van der Waals surface area contributed by atoms with Gasteiger partial charge >= 0.3 is 5.97 Å². The minimum atomic E-state index is -0.0865. The van der Waals surface area contributed by atoms with E-state index in [9.17, 15) is 4.79 Å². The molecule has 0 aliphatic carbocycles. The third-order valence-corrected chi connectivity index (χ3v) is 3.83. The van der Waals surface area contributed by atoms with Crippen molar-refractivity contribution < 1.29 is 14.3 Å². The highest BCUT2D eigenvalue weighted by Gasteiger charge is 2.29. The van der Waals surface area contributed by atoms with Gasteiger partial charge in [0.05, 0.1) is 13.2 Å². The van der Waals surface area contributed by atoms with E-state index in [4.69, 9.17) is 9.47 Å². The van der Waals surface area contributed by atoms with Gasteiger partial charge in [-0.05, 0) is 25.3 Å². The maximum atomic E-state index is 12.0. The number of carbonyl (C=O) groups excluding carboxylic acids is 1. The van der Waals surface area contributed by atoms with Crippen LogP contribution in [0.25, 0.3) is 0 Å². The van der Waals surface area contributed by atoms with E-state index in [1.165, 1.54) is 6.42 Å². The molecule has 2 aliphatic rings. The minimum Gasteiger partial charge on any atom is -0.461 e. The van der Waals surface area contributed by atoms with Crippen molar-refractivity contribution in [1.82, 2.24) is 5.32 Å². The molecule has 0 spiro atoms. The van der Waals surface area contributed by atoms with Crippen LogP contribution in [0.1, 0.15) is 39.0 Å². The Morgan fingerprint density at radius 2 is 2.12 bits per heavy atom. The van der Waals surface area contributed by atoms with Gasteiger partial charge in [0, 0.05) is 12.8 Å². The highest BCUT2D eigenvalue weighted by Crippen LogP contribution is 2.21. The third kappa shape index (κ3) is 3.68. The molecule has 1 N–H and O–H groups in total. The van der Waals surface area contributed by atoms with Gasteiger partial charge in [-0.3, -0.25) is 4.79 Å². The zero-order valence-corrected chi connectivity index (χ0v) is 10.6. The van der Waals surface area contributed by atoms with Crippen molar-refractivity contribution in [2.75, 3.05) is 19.8 Å². The molecule has 2 atom stereocenters. The first-order valence-electron chi connectivity index (χ1n) is 6.81. The quantitative estimate of drug-likeness (QED) is 0.760. The molecular formula is C13H23NO3. The average Bonchev–Trinajstić information content (AvgIpc) is 2.40. The number of ether oxygens (including phenoxy) is 2. The van der Waals surface area contributed by atoms with Crippen LogP contribution in [0.3, 0.4) is 0 Å². The second-order valence-corrected chi connectivity index (χ2v) is 5.05. The lowest BCUT2D eigenvalue weighted by Gasteiger charge is -2.30. The Morgan fingerprint density at radius 1 is 1.35 bits per heavy atom. The lowest BCUT2D eigenvalue weighted by molar-refractivity contribution is -0.156. The summed E-state index contributed by atoms with van der Waals surface area (Å²) in [6.07, 6.45) is 5.02. The molecule has 17 heavy (non-hydrogen) atoms. The molecule has 2 fully saturated rings. The monoisotopic (exact) mass is 241 g/mol. The van der Waals surface area contributed by atoms with E-state index in [1.807, 2.05) is 0 Å². The van der Waals surface area contributed by atoms with E-state index in [1.54, 1.807) is 0 Å². The van der Waals surface area contributed by atoms with Crippen LogP contribution in [0.5, 0.6) is 0 Å². The van der Waals surface area contributed by atoms with E-state index in [-0.39, 0.29) is 18.1 Å². The van der Waals surface area contributed by atoms with E-state index in [2.05, 4.69) is 12.2 Å². The van der Waals surface area contributed by atoms with Crippen molar-refractivity contribution in [2.45, 2.75) is 51.2 Å². The third-order valence-electron chi connectivity index (χ3n) is 3.83. The van der Waals surface area contributed by atoms with Crippen LogP contribution in [0.2, 0.25) is 0 Å². The summed E-state index contributed by atoms with van der Waals surface area (Å²) in [7, 11) is 0. The van der Waals surface area contributed by atoms with E-state index in [0.717, 1.165) is 32.2 Å². The van der Waals surface area contributed by atoms with Crippen molar-refractivity contribution in [3.8, 4) is 0 Å². The number of piperidine rings is 1. The van der Waals surface area contributed by atoms with Gasteiger partial charge in [-0.25, -0.2) is 0 Å². The molecule has 0 radical (unpaired) electrons. The maximum absolute atomic E-state index is 12.0. The molecule has 4 heteroatoms. The van der Waals surface area contributed by atoms with Gasteiger partial charge in [-0.1, -0.05) is 13.3 Å². The summed E-state index contributed by atoms with van der Waals surface area (Å²) in [5, 5.41) is 3.27. The summed E-state index contributed by atoms with van der Waals surface area (Å²) in [6, 6.07) is -0.0865. The van der Waals surface area contributed by atoms with Gasteiger partial charge in [-0.15, -0.1) is 0 Å². The summed E-state index contributed by atoms with van der Waals surface area (Å²) in [5.74, 6) is 0.610. The molecule has 2 heterocycles. The second kappa shape index (κ2) is 6.36. The molecular weight excluding hydrogens is 218 g/mol. The Morgan fingerprint density at radius 3 is 2.82 bits per heavy atom. The van der Waals surface area contributed by atoms with Crippen molar-refractivity contribution in [3.05, 3.63) is 0 Å². The first-order chi connectivity index (χ1) is 8.29. The Hall–Kier alpha value is -0.610. The largest absolute Gasteiger partial charge is 0.461 e. The molecule has 0 amide bonds. The molecule has 0 aromatic rings. The highest BCUT2D eigenvalue weighted by atomic mass is 16.6. The number of nitrogens with one attached hydrogen (secondary N) is 1. The first-order valence-corrected chi connectivity index (χ1v) is 6.81. The standard InChI is InChI=1S/C13H23NO3/c1-2-10-3-6-14-12(9-10)13(15)17-11-4-7-16-8-5-11/h10-12,14H,2-9H2,1H3. The number of carbonyl (C=O) groups is 1. The van der Waals surface area contributed by atoms with Crippen molar-refractivity contribution in [2.24, 2.45) is 5.92 Å². The number of esters is 1. The zero-order chi connectivity index (χ0) is 12.1. The van der Waals surface area contributed by atoms with Gasteiger partial charge in [-0.2, -0.15) is 0 Å². The van der Waals surface area contributed by atoms with Crippen LogP contribution in [-0.4, -0.2) is 37.9 Å². The van der Waals surface area contributed by atoms with Gasteiger partial charge in [0.15, 0.2) is 0 Å². The van der Waals surface area contributed by atoms with Crippen molar-refractivity contribution in [1.29, 1.82) is 0 Å². The smallest absolute Gasteiger partial charge is 0.323 e. The predicted molar refractivity (Wildman–Crippen MR) is 64.7 cm³/mol. The Bertz CT molecular complexity index is 251. The van der Waals surface area contributed by atoms with Crippen LogP contribution in [0.4, 0.5) is 0 Å². The fourth-order valence-corrected chi connectivity index (χ4v) is 2.59. The highest BCUT2D eigenvalue weighted by molar-refractivity contribution is 5.76. The van der Waals surface area contributed by atoms with Crippen LogP contribution in [0, 0.1) is 5.92 Å². The Kier molecular flexibility index (Phi) is 4.80. The summed E-state index contributed by atoms with van der Waals surface area (Å²) < 4.78 is 10.8. The van der Waals surface area contributed by atoms with Crippen LogP contribution in [-0.2, 0) is 14.3 Å². The van der Waals surface area contributed by atoms with Gasteiger partial charge in [0.2, 0.25) is 0 Å². The fraction of sp³-hybridized carbons (Fsp3) is 0.923. The van der Waals surface area contributed by atoms with E-state index < -0.39 is 0 Å². The zero-order valence-electron chi connectivity index (χ0n) is 10.6. The molecule has 0 saturated carbocycles. The number of rotatable bonds is 3. The number of hydrogen-bond acceptors (Lipinski definition) is 4. The summed E-state index contributed by atoms with van der Waals surface area (Å²) in [5.41, 5.74) is 0. The summed E-state index contributed by atoms with van der Waals surface area (Å²) in [4.78, 5) is 12.0. The molecule has 2 rings (SSSR count). The van der Waals surface area contributed by atoms with Gasteiger partial charge in [0.25, 0.3) is 0 Å². The molecule has 98 valence electrons. The number of hydrogen-bond donors (Lipinski definition) is 1. The lowest BCUT2D eigenvalue weighted by Crippen LogP contribution is -2.45. The molecule has 0 aromatic carbocycles. The summed E-state index contributed by atoms with van der Waals surface area (Å²) in [6.45, 7) is 4.56. The Labute approximate surface area is 103 Å². The first kappa shape index (κ1) is 12.8. The molecule has 2 unspecified atom stereocenters. The van der Waals surface area contributed by atoms with Gasteiger partial charge < -0.3 is 14.8 Å². The normalized spacial score (nSPS) is 31.1. The van der Waals surface area contributed by atoms with Gasteiger partial charge in [0.1, 0.15) is 12.1 Å². The SMILES string of the molecule is CCC1CCNC(C(=O)OC2CCOCC2)C1. The van der Waals surface area contributed by atoms with Crippen LogP contribution in [0.15, 0.2) is 0 Å². The van der Waals surface area contributed by atoms with Crippen molar-refractivity contribution >= 4 is 5.97 Å². The molecule has 2 saturated heterocycles. The molecule has 4 nitrogen and oxygen atoms in total. The fourth-order valence-electron chi connectivity index (χ4n) is 2.59. The molecule has 2 aliphatic heterocycles. The lowest BCUT2D eigenvalue weighted by atomic mass is 9.90. The average molecular weight is 241 g/mol. The van der Waals surface area contributed by atoms with Crippen molar-refractivity contribution in [3.63, 3.8) is 0 Å². The Balaban J connectivity index is 1.78. The minimum absolute atomic E-state index is 0.0601.